The second-order valence-corrected chi connectivity index (χ2v) is 2.94. The highest BCUT2D eigenvalue weighted by molar-refractivity contribution is 7.14. The minimum atomic E-state index is -4.73. The number of carbonyl (C=O) groups is 1. The molecule has 9 heteroatoms. The lowest BCUT2D eigenvalue weighted by Crippen LogP contribution is -2.16. The fourth-order valence-corrected chi connectivity index (χ4v) is 1.15. The van der Waals surface area contributed by atoms with Gasteiger partial charge in [0.1, 0.15) is 0 Å². The van der Waals surface area contributed by atoms with E-state index in [1.807, 2.05) is 9.39 Å². The van der Waals surface area contributed by atoms with E-state index in [9.17, 15) is 18.0 Å². The van der Waals surface area contributed by atoms with Crippen LogP contribution in [0, 0.1) is 0 Å². The van der Waals surface area contributed by atoms with Crippen LogP contribution >= 0.6 is 9.39 Å². The zero-order valence-corrected chi connectivity index (χ0v) is 8.73. The van der Waals surface area contributed by atoms with Gasteiger partial charge in [-0.05, 0) is 16.3 Å². The summed E-state index contributed by atoms with van der Waals surface area (Å²) < 4.78 is 42.1. The van der Waals surface area contributed by atoms with E-state index in [1.54, 1.807) is 0 Å². The first kappa shape index (κ1) is 11.9. The SMILES string of the molecule is CCOC(=O)c1c(C(F)(F)F)nnn1P. The zero-order chi connectivity index (χ0) is 11.6. The minimum Gasteiger partial charge on any atom is -0.461 e. The van der Waals surface area contributed by atoms with Crippen LogP contribution in [0.4, 0.5) is 13.2 Å². The standard InChI is InChI=1S/C6H7F3N3O2P/c1-2-14-5(13)3-4(6(7,8)9)10-11-12(3)15/h2,15H2,1H3. The molecular weight excluding hydrogens is 234 g/mol. The number of halogens is 3. The number of nitrogens with zero attached hydrogens (tertiary/aromatic N) is 3. The number of aromatic nitrogens is 3. The molecule has 0 spiro atoms. The van der Waals surface area contributed by atoms with Crippen molar-refractivity contribution in [2.75, 3.05) is 6.61 Å². The van der Waals surface area contributed by atoms with Crippen molar-refractivity contribution >= 4 is 15.4 Å². The van der Waals surface area contributed by atoms with Gasteiger partial charge < -0.3 is 4.74 Å². The highest BCUT2D eigenvalue weighted by Crippen LogP contribution is 2.30. The van der Waals surface area contributed by atoms with E-state index in [-0.39, 0.29) is 6.61 Å². The van der Waals surface area contributed by atoms with Crippen molar-refractivity contribution in [1.29, 1.82) is 0 Å². The van der Waals surface area contributed by atoms with Crippen molar-refractivity contribution < 1.29 is 22.7 Å². The molecule has 15 heavy (non-hydrogen) atoms. The molecule has 5 nitrogen and oxygen atoms in total. The van der Waals surface area contributed by atoms with Crippen LogP contribution in [-0.2, 0) is 10.9 Å². The van der Waals surface area contributed by atoms with Gasteiger partial charge in [-0.2, -0.15) is 13.2 Å². The second-order valence-electron chi connectivity index (χ2n) is 2.45. The first-order valence-corrected chi connectivity index (χ1v) is 4.34. The molecule has 1 unspecified atom stereocenters. The molecule has 0 saturated heterocycles. The van der Waals surface area contributed by atoms with Gasteiger partial charge in [0, 0.05) is 0 Å². The molecule has 0 aliphatic carbocycles. The highest BCUT2D eigenvalue weighted by atomic mass is 31.0. The van der Waals surface area contributed by atoms with E-state index in [0.717, 1.165) is 0 Å². The van der Waals surface area contributed by atoms with Crippen LogP contribution in [0.2, 0.25) is 0 Å². The van der Waals surface area contributed by atoms with E-state index in [0.29, 0.717) is 4.45 Å². The molecule has 1 aromatic heterocycles. The van der Waals surface area contributed by atoms with Crippen molar-refractivity contribution in [3.8, 4) is 0 Å². The molecule has 0 fully saturated rings. The van der Waals surface area contributed by atoms with Crippen molar-refractivity contribution in [2.45, 2.75) is 13.1 Å². The quantitative estimate of drug-likeness (QED) is 0.575. The van der Waals surface area contributed by atoms with Crippen molar-refractivity contribution in [2.24, 2.45) is 0 Å². The van der Waals surface area contributed by atoms with Crippen LogP contribution < -0.4 is 0 Å². The Labute approximate surface area is 84.8 Å². The van der Waals surface area contributed by atoms with Gasteiger partial charge in [-0.15, -0.1) is 5.10 Å². The Hall–Kier alpha value is -1.17. The summed E-state index contributed by atoms with van der Waals surface area (Å²) in [4.78, 5) is 11.2. The van der Waals surface area contributed by atoms with Crippen LogP contribution in [0.3, 0.4) is 0 Å². The number of hydrogen-bond acceptors (Lipinski definition) is 4. The van der Waals surface area contributed by atoms with E-state index < -0.39 is 23.5 Å². The van der Waals surface area contributed by atoms with Gasteiger partial charge in [0.05, 0.1) is 6.61 Å². The van der Waals surface area contributed by atoms with Crippen molar-refractivity contribution in [3.05, 3.63) is 11.4 Å². The first-order chi connectivity index (χ1) is 6.88. The Morgan fingerprint density at radius 1 is 1.60 bits per heavy atom. The smallest absolute Gasteiger partial charge is 0.437 e. The number of rotatable bonds is 2. The number of alkyl halides is 3. The van der Waals surface area contributed by atoms with E-state index >= 15 is 0 Å². The average Bonchev–Trinajstić information content (AvgIpc) is 2.46. The molecule has 1 heterocycles. The predicted octanol–water partition coefficient (Wildman–Crippen LogP) is 1.11. The van der Waals surface area contributed by atoms with E-state index in [2.05, 4.69) is 15.0 Å². The zero-order valence-electron chi connectivity index (χ0n) is 7.58. The molecule has 0 aliphatic rings. The van der Waals surface area contributed by atoms with Crippen LogP contribution in [0.15, 0.2) is 0 Å². The van der Waals surface area contributed by atoms with Crippen LogP contribution in [-0.4, -0.2) is 27.3 Å². The summed E-state index contributed by atoms with van der Waals surface area (Å²) in [5, 5.41) is 5.95. The molecule has 1 rings (SSSR count). The Balaban J connectivity index is 3.16. The molecule has 84 valence electrons. The third-order valence-corrected chi connectivity index (χ3v) is 1.79. The van der Waals surface area contributed by atoms with Gasteiger partial charge in [0.15, 0.2) is 5.69 Å². The van der Waals surface area contributed by atoms with Gasteiger partial charge in [-0.25, -0.2) is 9.25 Å². The summed E-state index contributed by atoms with van der Waals surface area (Å²) in [6.45, 7) is 1.47. The van der Waals surface area contributed by atoms with Gasteiger partial charge in [0.25, 0.3) is 0 Å². The molecule has 0 saturated carbocycles. The molecule has 0 amide bonds. The fourth-order valence-electron chi connectivity index (χ4n) is 0.874. The van der Waals surface area contributed by atoms with Gasteiger partial charge in [-0.3, -0.25) is 0 Å². The Bertz CT molecular complexity index is 376. The lowest BCUT2D eigenvalue weighted by atomic mass is 10.3. The summed E-state index contributed by atoms with van der Waals surface area (Å²) in [5.41, 5.74) is -2.08. The largest absolute Gasteiger partial charge is 0.461 e. The number of esters is 1. The lowest BCUT2D eigenvalue weighted by Gasteiger charge is -2.05. The molecule has 0 aromatic carbocycles. The maximum atomic E-state index is 12.3. The molecule has 1 atom stereocenters. The molecule has 0 aliphatic heterocycles. The molecule has 0 N–H and O–H groups in total. The minimum absolute atomic E-state index is 0.0218. The van der Waals surface area contributed by atoms with Crippen molar-refractivity contribution in [1.82, 2.24) is 14.8 Å². The third-order valence-electron chi connectivity index (χ3n) is 1.43. The summed E-state index contributed by atoms with van der Waals surface area (Å²) in [5.74, 6) is -1.11. The predicted molar refractivity (Wildman–Crippen MR) is 46.1 cm³/mol. The van der Waals surface area contributed by atoms with E-state index in [4.69, 9.17) is 0 Å². The number of hydrogen-bond donors (Lipinski definition) is 0. The summed E-state index contributed by atoms with van der Waals surface area (Å²) in [6, 6.07) is 0. The van der Waals surface area contributed by atoms with Gasteiger partial charge in [-0.1, -0.05) is 5.21 Å². The summed E-state index contributed by atoms with van der Waals surface area (Å²) >= 11 is 0. The molecule has 0 radical (unpaired) electrons. The third kappa shape index (κ3) is 2.44. The molecule has 0 bridgehead atoms. The first-order valence-electron chi connectivity index (χ1n) is 3.83. The monoisotopic (exact) mass is 241 g/mol. The normalized spacial score (nSPS) is 11.5. The topological polar surface area (TPSA) is 57.0 Å². The van der Waals surface area contributed by atoms with E-state index in [1.165, 1.54) is 6.92 Å². The molecule has 1 aromatic rings. The van der Waals surface area contributed by atoms with Crippen LogP contribution in [0.25, 0.3) is 0 Å². The summed E-state index contributed by atoms with van der Waals surface area (Å²) in [6.07, 6.45) is -4.73. The molecular formula is C6H7F3N3O2P. The maximum absolute atomic E-state index is 12.3. The van der Waals surface area contributed by atoms with Crippen molar-refractivity contribution in [3.63, 3.8) is 0 Å². The van der Waals surface area contributed by atoms with Crippen LogP contribution in [0.1, 0.15) is 23.1 Å². The Morgan fingerprint density at radius 3 is 2.67 bits per heavy atom. The average molecular weight is 241 g/mol. The number of carbonyl (C=O) groups excluding carboxylic acids is 1. The second kappa shape index (κ2) is 4.14. The van der Waals surface area contributed by atoms with Gasteiger partial charge in [0.2, 0.25) is 5.69 Å². The summed E-state index contributed by atoms with van der Waals surface area (Å²) in [7, 11) is 1.83. The number of ether oxygens (including phenoxy) is 1. The Morgan fingerprint density at radius 2 is 2.20 bits per heavy atom. The van der Waals surface area contributed by atoms with Crippen LogP contribution in [0.5, 0.6) is 0 Å². The lowest BCUT2D eigenvalue weighted by molar-refractivity contribution is -0.141. The maximum Gasteiger partial charge on any atom is 0.437 e. The highest BCUT2D eigenvalue weighted by Gasteiger charge is 2.41. The Kier molecular flexibility index (Phi) is 3.28. The fraction of sp³-hybridized carbons (Fsp3) is 0.500. The van der Waals surface area contributed by atoms with Gasteiger partial charge >= 0.3 is 12.1 Å².